The predicted octanol–water partition coefficient (Wildman–Crippen LogP) is 6.45. The monoisotopic (exact) mass is 513 g/mol. The predicted molar refractivity (Wildman–Crippen MR) is 157 cm³/mol. The lowest BCUT2D eigenvalue weighted by Crippen LogP contribution is -2.65. The van der Waals surface area contributed by atoms with E-state index in [1.54, 1.807) is 0 Å². The number of rotatable bonds is 3. The van der Waals surface area contributed by atoms with Crippen LogP contribution in [0.3, 0.4) is 0 Å². The van der Waals surface area contributed by atoms with Crippen molar-refractivity contribution in [2.45, 2.75) is 174 Å². The van der Waals surface area contributed by atoms with Gasteiger partial charge in [-0.3, -0.25) is 0 Å². The van der Waals surface area contributed by atoms with E-state index >= 15 is 0 Å². The number of hydrogen-bond donors (Lipinski definition) is 1. The van der Waals surface area contributed by atoms with Gasteiger partial charge in [-0.2, -0.15) is 15.0 Å². The van der Waals surface area contributed by atoms with Crippen molar-refractivity contribution in [2.24, 2.45) is 5.73 Å². The average molecular weight is 514 g/mol. The molecule has 1 aromatic rings. The van der Waals surface area contributed by atoms with Gasteiger partial charge in [0.1, 0.15) is 0 Å². The van der Waals surface area contributed by atoms with Gasteiger partial charge in [0.2, 0.25) is 17.8 Å². The Balaban J connectivity index is 1.98. The minimum absolute atomic E-state index is 0.0418. The van der Waals surface area contributed by atoms with Crippen LogP contribution in [0.1, 0.15) is 134 Å². The minimum atomic E-state index is -0.170. The number of anilines is 3. The van der Waals surface area contributed by atoms with Crippen LogP contribution in [-0.4, -0.2) is 54.2 Å². The highest BCUT2D eigenvalue weighted by Gasteiger charge is 2.49. The second kappa shape index (κ2) is 8.69. The molecular formula is C30H55N7. The smallest absolute Gasteiger partial charge is 0.232 e. The van der Waals surface area contributed by atoms with Crippen LogP contribution < -0.4 is 20.4 Å². The molecule has 0 saturated carbocycles. The maximum absolute atomic E-state index is 6.57. The second-order valence-electron chi connectivity index (χ2n) is 16.0. The Labute approximate surface area is 227 Å². The van der Waals surface area contributed by atoms with E-state index in [-0.39, 0.29) is 39.3 Å². The van der Waals surface area contributed by atoms with Crippen molar-refractivity contribution in [3.8, 4) is 0 Å². The van der Waals surface area contributed by atoms with Gasteiger partial charge in [0.05, 0.1) is 0 Å². The summed E-state index contributed by atoms with van der Waals surface area (Å²) in [5.74, 6) is 2.41. The van der Waals surface area contributed by atoms with Crippen LogP contribution in [0.2, 0.25) is 0 Å². The largest absolute Gasteiger partial charge is 0.330 e. The molecule has 3 fully saturated rings. The summed E-state index contributed by atoms with van der Waals surface area (Å²) in [6.07, 6.45) is 8.77. The van der Waals surface area contributed by atoms with Gasteiger partial charge < -0.3 is 20.4 Å². The van der Waals surface area contributed by atoms with Crippen molar-refractivity contribution in [2.75, 3.05) is 14.7 Å². The minimum Gasteiger partial charge on any atom is -0.330 e. The lowest BCUT2D eigenvalue weighted by Gasteiger charge is -2.56. The fourth-order valence-electron chi connectivity index (χ4n) is 8.62. The van der Waals surface area contributed by atoms with Crippen LogP contribution >= 0.6 is 0 Å². The summed E-state index contributed by atoms with van der Waals surface area (Å²) in [5, 5.41) is 0. The molecule has 3 aliphatic rings. The third-order valence-corrected chi connectivity index (χ3v) is 9.51. The number of nitrogens with zero attached hydrogens (tertiary/aromatic N) is 6. The topological polar surface area (TPSA) is 74.4 Å². The van der Waals surface area contributed by atoms with Crippen molar-refractivity contribution in [1.29, 1.82) is 0 Å². The fourth-order valence-corrected chi connectivity index (χ4v) is 8.62. The van der Waals surface area contributed by atoms with Crippen LogP contribution in [-0.2, 0) is 0 Å². The maximum atomic E-state index is 6.57. The Morgan fingerprint density at radius 3 is 1.00 bits per heavy atom. The summed E-state index contributed by atoms with van der Waals surface area (Å²) < 4.78 is 0. The van der Waals surface area contributed by atoms with Crippen molar-refractivity contribution in [3.05, 3.63) is 0 Å². The molecule has 4 heterocycles. The third-order valence-electron chi connectivity index (χ3n) is 9.51. The molecule has 7 nitrogen and oxygen atoms in total. The first-order valence-corrected chi connectivity index (χ1v) is 14.6. The van der Waals surface area contributed by atoms with Crippen LogP contribution in [0, 0.1) is 0 Å². The van der Waals surface area contributed by atoms with E-state index in [0.29, 0.717) is 0 Å². The molecule has 1 aromatic heterocycles. The second-order valence-corrected chi connectivity index (χ2v) is 16.0. The van der Waals surface area contributed by atoms with Crippen molar-refractivity contribution in [1.82, 2.24) is 15.0 Å². The Morgan fingerprint density at radius 2 is 0.730 bits per heavy atom. The molecule has 210 valence electrons. The highest BCUT2D eigenvalue weighted by molar-refractivity contribution is 5.54. The van der Waals surface area contributed by atoms with E-state index in [9.17, 15) is 0 Å². The van der Waals surface area contributed by atoms with E-state index in [1.165, 1.54) is 12.8 Å². The lowest BCUT2D eigenvalue weighted by atomic mass is 9.77. The first-order valence-electron chi connectivity index (χ1n) is 14.6. The summed E-state index contributed by atoms with van der Waals surface area (Å²) >= 11 is 0. The maximum Gasteiger partial charge on any atom is 0.232 e. The van der Waals surface area contributed by atoms with E-state index in [0.717, 1.165) is 56.4 Å². The van der Waals surface area contributed by atoms with Gasteiger partial charge >= 0.3 is 0 Å². The SMILES string of the molecule is CC1(C)CCCC(C)(C)N1c1nc(N2C(C)(C)CCCC2(C)C)nc(N2C(C)(C)CC(N)CC2(C)C)n1. The zero-order valence-corrected chi connectivity index (χ0v) is 26.0. The Morgan fingerprint density at radius 1 is 0.486 bits per heavy atom. The molecule has 3 saturated heterocycles. The standard InChI is InChI=1S/C30H55N7/c1-25(2)15-13-16-26(3,4)35(25)22-32-23(36-27(5,6)17-14-18-28(36,7)8)34-24(33-22)37-29(9,10)19-21(31)20-30(37,11)12/h21H,13-20,31H2,1-12H3. The van der Waals surface area contributed by atoms with Crippen LogP contribution in [0.15, 0.2) is 0 Å². The molecule has 0 spiro atoms. The molecule has 0 bridgehead atoms. The Hall–Kier alpha value is -1.63. The molecule has 0 atom stereocenters. The Bertz CT molecular complexity index is 901. The molecule has 0 aromatic carbocycles. The molecule has 0 unspecified atom stereocenters. The van der Waals surface area contributed by atoms with E-state index in [2.05, 4.69) is 97.8 Å². The van der Waals surface area contributed by atoms with Gasteiger partial charge in [-0.1, -0.05) is 0 Å². The molecule has 0 radical (unpaired) electrons. The summed E-state index contributed by atoms with van der Waals surface area (Å²) in [5.41, 5.74) is 6.06. The number of piperidine rings is 3. The third kappa shape index (κ3) is 5.06. The normalized spacial score (nSPS) is 28.3. The van der Waals surface area contributed by atoms with Crippen LogP contribution in [0.5, 0.6) is 0 Å². The quantitative estimate of drug-likeness (QED) is 0.498. The molecule has 4 rings (SSSR count). The van der Waals surface area contributed by atoms with Gasteiger partial charge in [-0.05, 0) is 134 Å². The van der Waals surface area contributed by atoms with Crippen molar-refractivity contribution < 1.29 is 0 Å². The van der Waals surface area contributed by atoms with E-state index < -0.39 is 0 Å². The molecule has 7 heteroatoms. The molecule has 37 heavy (non-hydrogen) atoms. The summed E-state index contributed by atoms with van der Waals surface area (Å²) in [4.78, 5) is 23.5. The van der Waals surface area contributed by atoms with Crippen molar-refractivity contribution >= 4 is 17.8 Å². The van der Waals surface area contributed by atoms with Gasteiger partial charge in [-0.15, -0.1) is 0 Å². The first-order chi connectivity index (χ1) is 16.7. The van der Waals surface area contributed by atoms with Crippen LogP contribution in [0.4, 0.5) is 17.8 Å². The zero-order valence-electron chi connectivity index (χ0n) is 26.0. The molecular weight excluding hydrogens is 458 g/mol. The zero-order chi connectivity index (χ0) is 27.8. The van der Waals surface area contributed by atoms with Gasteiger partial charge in [-0.25, -0.2) is 0 Å². The number of hydrogen-bond acceptors (Lipinski definition) is 7. The summed E-state index contributed by atoms with van der Waals surface area (Å²) in [6, 6.07) is 0.168. The number of aromatic nitrogens is 3. The lowest BCUT2D eigenvalue weighted by molar-refractivity contribution is 0.213. The molecule has 0 amide bonds. The van der Waals surface area contributed by atoms with E-state index in [4.69, 9.17) is 20.7 Å². The van der Waals surface area contributed by atoms with Gasteiger partial charge in [0.15, 0.2) is 0 Å². The summed E-state index contributed by atoms with van der Waals surface area (Å²) in [6.45, 7) is 27.9. The first kappa shape index (κ1) is 28.4. The van der Waals surface area contributed by atoms with Gasteiger partial charge in [0.25, 0.3) is 0 Å². The van der Waals surface area contributed by atoms with Gasteiger partial charge in [0, 0.05) is 39.3 Å². The highest BCUT2D eigenvalue weighted by Crippen LogP contribution is 2.46. The average Bonchev–Trinajstić information content (AvgIpc) is 2.62. The van der Waals surface area contributed by atoms with Crippen molar-refractivity contribution in [3.63, 3.8) is 0 Å². The van der Waals surface area contributed by atoms with Crippen LogP contribution in [0.25, 0.3) is 0 Å². The number of nitrogens with two attached hydrogens (primary N) is 1. The molecule has 0 aliphatic carbocycles. The molecule has 2 N–H and O–H groups in total. The molecule has 3 aliphatic heterocycles. The highest BCUT2D eigenvalue weighted by atomic mass is 15.5. The fraction of sp³-hybridized carbons (Fsp3) is 0.900. The van der Waals surface area contributed by atoms with E-state index in [1.807, 2.05) is 0 Å². The Kier molecular flexibility index (Phi) is 6.66. The summed E-state index contributed by atoms with van der Waals surface area (Å²) in [7, 11) is 0.